The van der Waals surface area contributed by atoms with Crippen LogP contribution in [0.25, 0.3) is 0 Å². The van der Waals surface area contributed by atoms with Gasteiger partial charge in [0.25, 0.3) is 0 Å². The smallest absolute Gasteiger partial charge is 0.0480 e. The fourth-order valence-electron chi connectivity index (χ4n) is 1.41. The summed E-state index contributed by atoms with van der Waals surface area (Å²) in [6.45, 7) is 5.92. The van der Waals surface area contributed by atoms with Gasteiger partial charge in [0.05, 0.1) is 0 Å². The van der Waals surface area contributed by atoms with Crippen molar-refractivity contribution in [3.05, 3.63) is 0 Å². The highest BCUT2D eigenvalue weighted by Crippen LogP contribution is 1.96. The first-order chi connectivity index (χ1) is 5.43. The van der Waals surface area contributed by atoms with Crippen molar-refractivity contribution in [3.63, 3.8) is 0 Å². The molecule has 0 saturated carbocycles. The molecule has 0 radical (unpaired) electrons. The van der Waals surface area contributed by atoms with Gasteiger partial charge in [-0.2, -0.15) is 0 Å². The molecule has 0 aromatic heterocycles. The molecule has 1 saturated heterocycles. The maximum atomic E-state index is 3.37. The summed E-state index contributed by atoms with van der Waals surface area (Å²) in [5, 5.41) is 6.53. The van der Waals surface area contributed by atoms with Crippen molar-refractivity contribution in [3.8, 4) is 0 Å². The average molecular weight is 157 g/mol. The first-order valence-corrected chi connectivity index (χ1v) is 4.51. The van der Waals surface area contributed by atoms with Crippen LogP contribution in [0.4, 0.5) is 0 Å². The topological polar surface area (TPSA) is 27.3 Å². The van der Waals surface area contributed by atoms with E-state index in [0.29, 0.717) is 0 Å². The van der Waals surface area contributed by atoms with Crippen molar-refractivity contribution in [2.75, 3.05) is 39.9 Å². The van der Waals surface area contributed by atoms with Crippen LogP contribution in [0.1, 0.15) is 12.8 Å². The van der Waals surface area contributed by atoms with Gasteiger partial charge in [-0.25, -0.2) is 0 Å². The molecule has 0 spiro atoms. The minimum absolute atomic E-state index is 1.09. The van der Waals surface area contributed by atoms with Crippen molar-refractivity contribution in [1.29, 1.82) is 0 Å². The minimum atomic E-state index is 1.09. The molecule has 0 unspecified atom stereocenters. The molecule has 2 N–H and O–H groups in total. The summed E-state index contributed by atoms with van der Waals surface area (Å²) in [4.78, 5) is 2.47. The zero-order valence-electron chi connectivity index (χ0n) is 7.40. The van der Waals surface area contributed by atoms with Crippen LogP contribution in [0, 0.1) is 0 Å². The highest BCUT2D eigenvalue weighted by Gasteiger charge is 2.07. The third-order valence-electron chi connectivity index (χ3n) is 2.06. The zero-order chi connectivity index (χ0) is 7.94. The summed E-state index contributed by atoms with van der Waals surface area (Å²) >= 11 is 0. The van der Waals surface area contributed by atoms with E-state index in [-0.39, 0.29) is 0 Å². The van der Waals surface area contributed by atoms with Gasteiger partial charge in [-0.3, -0.25) is 4.90 Å². The molecule has 1 aliphatic rings. The lowest BCUT2D eigenvalue weighted by Gasteiger charge is -2.27. The van der Waals surface area contributed by atoms with E-state index >= 15 is 0 Å². The normalized spacial score (nSPS) is 20.5. The van der Waals surface area contributed by atoms with Gasteiger partial charge in [0, 0.05) is 19.8 Å². The lowest BCUT2D eigenvalue weighted by molar-refractivity contribution is 0.213. The van der Waals surface area contributed by atoms with Crippen molar-refractivity contribution >= 4 is 0 Å². The van der Waals surface area contributed by atoms with Gasteiger partial charge in [0.15, 0.2) is 0 Å². The summed E-state index contributed by atoms with van der Waals surface area (Å²) in [5.74, 6) is 0. The van der Waals surface area contributed by atoms with Gasteiger partial charge in [0.2, 0.25) is 0 Å². The summed E-state index contributed by atoms with van der Waals surface area (Å²) < 4.78 is 0. The molecule has 1 rings (SSSR count). The summed E-state index contributed by atoms with van der Waals surface area (Å²) in [6.07, 6.45) is 2.57. The Bertz CT molecular complexity index is 89.3. The molecule has 11 heavy (non-hydrogen) atoms. The Labute approximate surface area is 69.1 Å². The zero-order valence-corrected chi connectivity index (χ0v) is 7.40. The largest absolute Gasteiger partial charge is 0.320 e. The highest BCUT2D eigenvalue weighted by atomic mass is 15.2. The third-order valence-corrected chi connectivity index (χ3v) is 2.06. The fraction of sp³-hybridized carbons (Fsp3) is 1.00. The van der Waals surface area contributed by atoms with Gasteiger partial charge < -0.3 is 10.6 Å². The monoisotopic (exact) mass is 157 g/mol. The molecule has 66 valence electrons. The van der Waals surface area contributed by atoms with Crippen molar-refractivity contribution in [2.45, 2.75) is 12.8 Å². The van der Waals surface area contributed by atoms with Crippen molar-refractivity contribution in [1.82, 2.24) is 15.5 Å². The number of nitrogens with zero attached hydrogens (tertiary/aromatic N) is 1. The van der Waals surface area contributed by atoms with Crippen LogP contribution in [-0.4, -0.2) is 44.8 Å². The molecule has 1 heterocycles. The van der Waals surface area contributed by atoms with Crippen LogP contribution in [0.3, 0.4) is 0 Å². The lowest BCUT2D eigenvalue weighted by Crippen LogP contribution is -2.42. The molecular formula is C8H19N3. The molecule has 0 amide bonds. The van der Waals surface area contributed by atoms with Crippen LogP contribution in [0.2, 0.25) is 0 Å². The number of hydrogen-bond acceptors (Lipinski definition) is 3. The number of hydrogen-bond donors (Lipinski definition) is 2. The Morgan fingerprint density at radius 3 is 3.09 bits per heavy atom. The van der Waals surface area contributed by atoms with E-state index in [1.807, 2.05) is 7.05 Å². The standard InChI is InChI=1S/C8H19N3/c1-9-4-2-6-11-7-3-5-10-8-11/h9-10H,2-8H2,1H3. The third kappa shape index (κ3) is 3.70. The molecule has 3 heteroatoms. The first-order valence-electron chi connectivity index (χ1n) is 4.51. The average Bonchev–Trinajstić information content (AvgIpc) is 2.07. The second-order valence-corrected chi connectivity index (χ2v) is 3.09. The van der Waals surface area contributed by atoms with E-state index in [9.17, 15) is 0 Å². The Balaban J connectivity index is 1.96. The maximum Gasteiger partial charge on any atom is 0.0480 e. The summed E-state index contributed by atoms with van der Waals surface area (Å²) in [7, 11) is 2.01. The minimum Gasteiger partial charge on any atom is -0.320 e. The molecule has 0 aromatic rings. The molecule has 3 nitrogen and oxygen atoms in total. The van der Waals surface area contributed by atoms with Crippen LogP contribution < -0.4 is 10.6 Å². The quantitative estimate of drug-likeness (QED) is 0.556. The second kappa shape index (κ2) is 5.52. The summed E-state index contributed by atoms with van der Waals surface area (Å²) in [6, 6.07) is 0. The Morgan fingerprint density at radius 2 is 2.45 bits per heavy atom. The molecule has 0 aliphatic carbocycles. The van der Waals surface area contributed by atoms with Crippen LogP contribution in [0.15, 0.2) is 0 Å². The van der Waals surface area contributed by atoms with Crippen LogP contribution in [-0.2, 0) is 0 Å². The van der Waals surface area contributed by atoms with E-state index in [2.05, 4.69) is 15.5 Å². The van der Waals surface area contributed by atoms with Gasteiger partial charge in [0.1, 0.15) is 0 Å². The highest BCUT2D eigenvalue weighted by molar-refractivity contribution is 4.63. The molecule has 1 fully saturated rings. The lowest BCUT2D eigenvalue weighted by atomic mass is 10.3. The second-order valence-electron chi connectivity index (χ2n) is 3.09. The van der Waals surface area contributed by atoms with Crippen LogP contribution >= 0.6 is 0 Å². The van der Waals surface area contributed by atoms with E-state index < -0.39 is 0 Å². The molecule has 0 bridgehead atoms. The van der Waals surface area contributed by atoms with Crippen molar-refractivity contribution in [2.24, 2.45) is 0 Å². The Morgan fingerprint density at radius 1 is 1.55 bits per heavy atom. The number of rotatable bonds is 4. The molecular weight excluding hydrogens is 138 g/mol. The van der Waals surface area contributed by atoms with E-state index in [0.717, 1.165) is 13.2 Å². The first kappa shape index (κ1) is 8.97. The van der Waals surface area contributed by atoms with Gasteiger partial charge in [-0.15, -0.1) is 0 Å². The van der Waals surface area contributed by atoms with Crippen molar-refractivity contribution < 1.29 is 0 Å². The fourth-order valence-corrected chi connectivity index (χ4v) is 1.41. The Hall–Kier alpha value is -0.120. The SMILES string of the molecule is CNCCCN1CCCNC1. The van der Waals surface area contributed by atoms with E-state index in [4.69, 9.17) is 0 Å². The molecule has 1 aliphatic heterocycles. The predicted molar refractivity (Wildman–Crippen MR) is 47.6 cm³/mol. The van der Waals surface area contributed by atoms with E-state index in [1.165, 1.54) is 32.5 Å². The van der Waals surface area contributed by atoms with Gasteiger partial charge in [-0.1, -0.05) is 0 Å². The number of nitrogens with one attached hydrogen (secondary N) is 2. The maximum absolute atomic E-state index is 3.37. The molecule has 0 atom stereocenters. The molecule has 0 aromatic carbocycles. The predicted octanol–water partition coefficient (Wildman–Crippen LogP) is -0.151. The van der Waals surface area contributed by atoms with Gasteiger partial charge >= 0.3 is 0 Å². The van der Waals surface area contributed by atoms with E-state index in [1.54, 1.807) is 0 Å². The Kier molecular flexibility index (Phi) is 4.50. The van der Waals surface area contributed by atoms with Gasteiger partial charge in [-0.05, 0) is 33.0 Å². The summed E-state index contributed by atoms with van der Waals surface area (Å²) in [5.41, 5.74) is 0. The van der Waals surface area contributed by atoms with Crippen LogP contribution in [0.5, 0.6) is 0 Å².